The minimum absolute atomic E-state index is 0.0558. The number of quaternary nitrogens is 1. The van der Waals surface area contributed by atoms with Gasteiger partial charge in [0, 0.05) is 11.6 Å². The highest BCUT2D eigenvalue weighted by Crippen LogP contribution is 2.25. The van der Waals surface area contributed by atoms with Crippen LogP contribution in [0.1, 0.15) is 31.0 Å². The zero-order valence-electron chi connectivity index (χ0n) is 13.8. The molecule has 0 spiro atoms. The van der Waals surface area contributed by atoms with Crippen molar-refractivity contribution in [3.63, 3.8) is 0 Å². The average molecular weight is 373 g/mol. The fraction of sp³-hybridized carbons (Fsp3) is 0.375. The maximum atomic E-state index is 13.3. The van der Waals surface area contributed by atoms with Gasteiger partial charge in [-0.1, -0.05) is 29.4 Å². The monoisotopic (exact) mass is 372 g/mol. The number of ether oxygens (including phenoxy) is 1. The van der Waals surface area contributed by atoms with Crippen LogP contribution in [0.3, 0.4) is 0 Å². The summed E-state index contributed by atoms with van der Waals surface area (Å²) >= 11 is 7.48. The van der Waals surface area contributed by atoms with Crippen molar-refractivity contribution < 1.29 is 14.9 Å². The van der Waals surface area contributed by atoms with Crippen molar-refractivity contribution in [3.8, 4) is 5.88 Å². The summed E-state index contributed by atoms with van der Waals surface area (Å²) in [4.78, 5) is 16.8. The quantitative estimate of drug-likeness (QED) is 0.625. The average Bonchev–Trinajstić information content (AvgIpc) is 2.56. The van der Waals surface area contributed by atoms with Crippen molar-refractivity contribution in [2.75, 3.05) is 6.26 Å². The summed E-state index contributed by atoms with van der Waals surface area (Å²) in [6.07, 6.45) is 1.83. The Bertz CT molecular complexity index is 796. The lowest BCUT2D eigenvalue weighted by Gasteiger charge is -2.16. The molecule has 1 aromatic heterocycles. The Balaban J connectivity index is 2.34. The molecule has 8 heteroatoms. The van der Waals surface area contributed by atoms with Crippen LogP contribution >= 0.6 is 23.4 Å². The SMILES string of the molecule is CSc1nc(OCc2ccc(F)cc2C[NH3+])c(Cl)c(=O)n1C(C)C. The van der Waals surface area contributed by atoms with Gasteiger partial charge in [-0.25, -0.2) is 4.39 Å². The van der Waals surface area contributed by atoms with E-state index >= 15 is 0 Å². The number of benzene rings is 1. The molecule has 0 aliphatic heterocycles. The van der Waals surface area contributed by atoms with Crippen molar-refractivity contribution in [2.24, 2.45) is 0 Å². The fourth-order valence-corrected chi connectivity index (χ4v) is 3.14. The summed E-state index contributed by atoms with van der Waals surface area (Å²) in [6, 6.07) is 4.35. The van der Waals surface area contributed by atoms with Crippen LogP contribution in [0, 0.1) is 5.82 Å². The van der Waals surface area contributed by atoms with Gasteiger partial charge in [-0.3, -0.25) is 9.36 Å². The summed E-state index contributed by atoms with van der Waals surface area (Å²) in [5, 5.41) is 0.477. The van der Waals surface area contributed by atoms with Gasteiger partial charge >= 0.3 is 0 Å². The van der Waals surface area contributed by atoms with E-state index in [4.69, 9.17) is 16.3 Å². The molecule has 0 atom stereocenters. The largest absolute Gasteiger partial charge is 0.472 e. The molecule has 0 aliphatic carbocycles. The summed E-state index contributed by atoms with van der Waals surface area (Å²) < 4.78 is 20.5. The third kappa shape index (κ3) is 3.91. The van der Waals surface area contributed by atoms with Crippen molar-refractivity contribution >= 4 is 23.4 Å². The standard InChI is InChI=1S/C16H19ClFN3O2S/c1-9(2)21-15(22)13(17)14(20-16(21)24-3)23-8-10-4-5-12(18)6-11(10)7-19/h4-6,9H,7-8,19H2,1-3H3/p+1. The van der Waals surface area contributed by atoms with Gasteiger partial charge in [-0.15, -0.1) is 0 Å². The van der Waals surface area contributed by atoms with E-state index < -0.39 is 0 Å². The van der Waals surface area contributed by atoms with E-state index in [1.165, 1.54) is 28.5 Å². The molecule has 5 nitrogen and oxygen atoms in total. The molecule has 24 heavy (non-hydrogen) atoms. The van der Waals surface area contributed by atoms with Crippen LogP contribution < -0.4 is 16.0 Å². The predicted octanol–water partition coefficient (Wildman–Crippen LogP) is 2.66. The van der Waals surface area contributed by atoms with E-state index in [0.717, 1.165) is 11.1 Å². The van der Waals surface area contributed by atoms with Crippen molar-refractivity contribution in [1.82, 2.24) is 9.55 Å². The van der Waals surface area contributed by atoms with Crippen molar-refractivity contribution in [1.29, 1.82) is 0 Å². The van der Waals surface area contributed by atoms with Crippen LogP contribution in [0.5, 0.6) is 5.88 Å². The van der Waals surface area contributed by atoms with E-state index in [2.05, 4.69) is 10.7 Å². The number of thioether (sulfide) groups is 1. The Morgan fingerprint density at radius 2 is 2.12 bits per heavy atom. The first-order valence-corrected chi connectivity index (χ1v) is 9.04. The molecule has 0 saturated heterocycles. The molecule has 0 radical (unpaired) electrons. The molecule has 0 saturated carbocycles. The van der Waals surface area contributed by atoms with Gasteiger partial charge in [0.15, 0.2) is 10.2 Å². The van der Waals surface area contributed by atoms with Gasteiger partial charge in [-0.05, 0) is 37.8 Å². The van der Waals surface area contributed by atoms with Gasteiger partial charge in [0.2, 0.25) is 5.88 Å². The Morgan fingerprint density at radius 1 is 1.42 bits per heavy atom. The number of aromatic nitrogens is 2. The Kier molecular flexibility index (Phi) is 6.26. The van der Waals surface area contributed by atoms with Crippen molar-refractivity contribution in [2.45, 2.75) is 38.2 Å². The van der Waals surface area contributed by atoms with Crippen LogP contribution in [0.2, 0.25) is 5.02 Å². The minimum Gasteiger partial charge on any atom is -0.472 e. The van der Waals surface area contributed by atoms with E-state index in [9.17, 15) is 9.18 Å². The highest BCUT2D eigenvalue weighted by atomic mass is 35.5. The predicted molar refractivity (Wildman–Crippen MR) is 93.0 cm³/mol. The molecule has 0 bridgehead atoms. The third-order valence-electron chi connectivity index (χ3n) is 3.50. The molecule has 1 aromatic carbocycles. The number of hydrogen-bond acceptors (Lipinski definition) is 4. The lowest BCUT2D eigenvalue weighted by molar-refractivity contribution is -0.386. The van der Waals surface area contributed by atoms with Crippen LogP contribution in [0.25, 0.3) is 0 Å². The zero-order chi connectivity index (χ0) is 17.9. The van der Waals surface area contributed by atoms with Crippen LogP contribution in [0.4, 0.5) is 4.39 Å². The Morgan fingerprint density at radius 3 is 2.71 bits per heavy atom. The molecular weight excluding hydrogens is 353 g/mol. The second-order valence-electron chi connectivity index (χ2n) is 5.44. The maximum Gasteiger partial charge on any atom is 0.277 e. The van der Waals surface area contributed by atoms with Crippen LogP contribution in [0.15, 0.2) is 28.2 Å². The summed E-state index contributed by atoms with van der Waals surface area (Å²) in [6.45, 7) is 4.34. The Labute approximate surface area is 149 Å². The number of rotatable bonds is 6. The first-order valence-electron chi connectivity index (χ1n) is 7.44. The van der Waals surface area contributed by atoms with Gasteiger partial charge in [0.25, 0.3) is 5.56 Å². The lowest BCUT2D eigenvalue weighted by Crippen LogP contribution is -2.47. The Hall–Kier alpha value is -1.57. The second kappa shape index (κ2) is 8.00. The maximum absolute atomic E-state index is 13.3. The van der Waals surface area contributed by atoms with Gasteiger partial charge in [-0.2, -0.15) is 4.98 Å². The van der Waals surface area contributed by atoms with E-state index in [0.29, 0.717) is 11.7 Å². The molecule has 0 aliphatic rings. The van der Waals surface area contributed by atoms with Crippen molar-refractivity contribution in [3.05, 3.63) is 50.5 Å². The highest BCUT2D eigenvalue weighted by Gasteiger charge is 2.18. The number of nitrogens with zero attached hydrogens (tertiary/aromatic N) is 2. The van der Waals surface area contributed by atoms with E-state index in [-0.39, 0.29) is 34.9 Å². The molecule has 0 unspecified atom stereocenters. The first kappa shape index (κ1) is 18.8. The second-order valence-corrected chi connectivity index (χ2v) is 6.59. The topological polar surface area (TPSA) is 71.8 Å². The van der Waals surface area contributed by atoms with Gasteiger partial charge in [0.05, 0.1) is 0 Å². The molecule has 0 amide bonds. The third-order valence-corrected chi connectivity index (χ3v) is 4.48. The first-order chi connectivity index (χ1) is 11.4. The molecule has 0 fully saturated rings. The van der Waals surface area contributed by atoms with Crippen LogP contribution in [-0.2, 0) is 13.2 Å². The van der Waals surface area contributed by atoms with Gasteiger partial charge < -0.3 is 10.5 Å². The number of hydrogen-bond donors (Lipinski definition) is 1. The summed E-state index contributed by atoms with van der Waals surface area (Å²) in [5.41, 5.74) is 4.97. The molecule has 130 valence electrons. The fourth-order valence-electron chi connectivity index (χ4n) is 2.28. The van der Waals surface area contributed by atoms with E-state index in [1.54, 1.807) is 6.07 Å². The zero-order valence-corrected chi connectivity index (χ0v) is 15.4. The summed E-state index contributed by atoms with van der Waals surface area (Å²) in [7, 11) is 0. The molecule has 2 aromatic rings. The molecular formula is C16H20ClFN3O2S+. The molecule has 1 heterocycles. The minimum atomic E-state index is -0.336. The molecule has 3 N–H and O–H groups in total. The smallest absolute Gasteiger partial charge is 0.277 e. The van der Waals surface area contributed by atoms with E-state index in [1.807, 2.05) is 20.1 Å². The lowest BCUT2D eigenvalue weighted by atomic mass is 10.1. The van der Waals surface area contributed by atoms with Crippen LogP contribution in [-0.4, -0.2) is 15.8 Å². The van der Waals surface area contributed by atoms with Gasteiger partial charge in [0.1, 0.15) is 19.0 Å². The highest BCUT2D eigenvalue weighted by molar-refractivity contribution is 7.98. The normalized spacial score (nSPS) is 11.1. The molecule has 2 rings (SSSR count). The summed E-state index contributed by atoms with van der Waals surface area (Å²) in [5.74, 6) is -0.236. The number of halogens is 2.